The number of rotatable bonds is 4. The number of alkyl halides is 3. The van der Waals surface area contributed by atoms with Crippen LogP contribution in [0.15, 0.2) is 18.2 Å². The third-order valence-electron chi connectivity index (χ3n) is 3.33. The molecule has 9 heteroatoms. The molecule has 1 saturated heterocycles. The molecule has 1 aromatic rings. The Labute approximate surface area is 124 Å². The Morgan fingerprint density at radius 1 is 1.32 bits per heavy atom. The van der Waals surface area contributed by atoms with Crippen molar-refractivity contribution in [1.82, 2.24) is 5.32 Å². The molecule has 0 aliphatic carbocycles. The second kappa shape index (κ2) is 6.20. The SMILES string of the molecule is O=C(NCC(F)(F)F)c1cc([N+](=O)[O-])ccc1N1CCCC1. The summed E-state index contributed by atoms with van der Waals surface area (Å²) in [5.41, 5.74) is -0.0248. The lowest BCUT2D eigenvalue weighted by Gasteiger charge is -2.21. The molecule has 0 unspecified atom stereocenters. The predicted octanol–water partition coefficient (Wildman–Crippen LogP) is 2.49. The first kappa shape index (κ1) is 16.1. The van der Waals surface area contributed by atoms with Gasteiger partial charge in [-0.2, -0.15) is 13.2 Å². The average molecular weight is 317 g/mol. The van der Waals surface area contributed by atoms with E-state index in [1.54, 1.807) is 5.32 Å². The number of nitro groups is 1. The van der Waals surface area contributed by atoms with Gasteiger partial charge < -0.3 is 10.2 Å². The van der Waals surface area contributed by atoms with Crippen LogP contribution in [-0.2, 0) is 0 Å². The molecule has 120 valence electrons. The summed E-state index contributed by atoms with van der Waals surface area (Å²) in [6.45, 7) is -0.150. The molecule has 22 heavy (non-hydrogen) atoms. The molecule has 0 saturated carbocycles. The number of carbonyl (C=O) groups is 1. The second-order valence-electron chi connectivity index (χ2n) is 4.95. The number of anilines is 1. The maximum Gasteiger partial charge on any atom is 0.405 e. The van der Waals surface area contributed by atoms with Crippen molar-refractivity contribution in [3.05, 3.63) is 33.9 Å². The van der Waals surface area contributed by atoms with Crippen molar-refractivity contribution < 1.29 is 22.9 Å². The number of halogens is 3. The van der Waals surface area contributed by atoms with E-state index in [1.165, 1.54) is 12.1 Å². The number of hydrogen-bond acceptors (Lipinski definition) is 4. The summed E-state index contributed by atoms with van der Waals surface area (Å²) in [6, 6.07) is 3.67. The summed E-state index contributed by atoms with van der Waals surface area (Å²) in [4.78, 5) is 23.9. The maximum atomic E-state index is 12.2. The lowest BCUT2D eigenvalue weighted by atomic mass is 10.1. The van der Waals surface area contributed by atoms with E-state index in [2.05, 4.69) is 0 Å². The third kappa shape index (κ3) is 3.86. The Morgan fingerprint density at radius 2 is 1.95 bits per heavy atom. The van der Waals surface area contributed by atoms with Crippen LogP contribution in [0.25, 0.3) is 0 Å². The first-order valence-corrected chi connectivity index (χ1v) is 6.66. The van der Waals surface area contributed by atoms with Crippen LogP contribution in [0.3, 0.4) is 0 Å². The van der Waals surface area contributed by atoms with Crippen LogP contribution in [0.4, 0.5) is 24.5 Å². The van der Waals surface area contributed by atoms with Crippen LogP contribution < -0.4 is 10.2 Å². The number of nitrogens with one attached hydrogen (secondary N) is 1. The predicted molar refractivity (Wildman–Crippen MR) is 72.9 cm³/mol. The van der Waals surface area contributed by atoms with Crippen LogP contribution in [0.1, 0.15) is 23.2 Å². The van der Waals surface area contributed by atoms with Gasteiger partial charge in [0.1, 0.15) is 6.54 Å². The summed E-state index contributed by atoms with van der Waals surface area (Å²) < 4.78 is 36.6. The average Bonchev–Trinajstić information content (AvgIpc) is 2.97. The van der Waals surface area contributed by atoms with Gasteiger partial charge in [-0.25, -0.2) is 0 Å². The summed E-state index contributed by atoms with van der Waals surface area (Å²) >= 11 is 0. The molecule has 2 rings (SSSR count). The van der Waals surface area contributed by atoms with Crippen molar-refractivity contribution in [3.8, 4) is 0 Å². The number of carbonyl (C=O) groups excluding carboxylic acids is 1. The molecule has 0 spiro atoms. The number of benzene rings is 1. The van der Waals surface area contributed by atoms with Crippen LogP contribution in [0.2, 0.25) is 0 Å². The fourth-order valence-electron chi connectivity index (χ4n) is 2.33. The molecular formula is C13H14F3N3O3. The molecule has 6 nitrogen and oxygen atoms in total. The molecular weight excluding hydrogens is 303 g/mol. The highest BCUT2D eigenvalue weighted by Crippen LogP contribution is 2.28. The Bertz CT molecular complexity index is 584. The van der Waals surface area contributed by atoms with Gasteiger partial charge in [0, 0.05) is 25.2 Å². The van der Waals surface area contributed by atoms with E-state index in [-0.39, 0.29) is 11.3 Å². The normalized spacial score (nSPS) is 15.0. The van der Waals surface area contributed by atoms with Gasteiger partial charge in [-0.15, -0.1) is 0 Å². The Balaban J connectivity index is 2.30. The standard InChI is InChI=1S/C13H14F3N3O3/c14-13(15,16)8-17-12(20)10-7-9(19(21)22)3-4-11(10)18-5-1-2-6-18/h3-4,7H,1-2,5-6,8H2,(H,17,20). The molecule has 1 aromatic carbocycles. The zero-order valence-corrected chi connectivity index (χ0v) is 11.5. The monoisotopic (exact) mass is 317 g/mol. The van der Waals surface area contributed by atoms with E-state index in [4.69, 9.17) is 0 Å². The van der Waals surface area contributed by atoms with Gasteiger partial charge in [-0.3, -0.25) is 14.9 Å². The van der Waals surface area contributed by atoms with Crippen LogP contribution >= 0.6 is 0 Å². The molecule has 1 heterocycles. The lowest BCUT2D eigenvalue weighted by molar-refractivity contribution is -0.384. The molecule has 0 atom stereocenters. The lowest BCUT2D eigenvalue weighted by Crippen LogP contribution is -2.34. The topological polar surface area (TPSA) is 75.5 Å². The van der Waals surface area contributed by atoms with Crippen LogP contribution in [0, 0.1) is 10.1 Å². The first-order chi connectivity index (χ1) is 10.3. The Morgan fingerprint density at radius 3 is 2.50 bits per heavy atom. The van der Waals surface area contributed by atoms with Gasteiger partial charge in [0.25, 0.3) is 11.6 Å². The van der Waals surface area contributed by atoms with Gasteiger partial charge in [-0.1, -0.05) is 0 Å². The van der Waals surface area contributed by atoms with Crippen molar-refractivity contribution in [2.45, 2.75) is 19.0 Å². The van der Waals surface area contributed by atoms with Crippen molar-refractivity contribution >= 4 is 17.3 Å². The van der Waals surface area contributed by atoms with E-state index < -0.39 is 23.6 Å². The Hall–Kier alpha value is -2.32. The fraction of sp³-hybridized carbons (Fsp3) is 0.462. The minimum atomic E-state index is -4.54. The number of amides is 1. The minimum Gasteiger partial charge on any atom is -0.371 e. The van der Waals surface area contributed by atoms with E-state index >= 15 is 0 Å². The van der Waals surface area contributed by atoms with Crippen LogP contribution in [0.5, 0.6) is 0 Å². The van der Waals surface area contributed by atoms with E-state index in [0.29, 0.717) is 18.8 Å². The zero-order chi connectivity index (χ0) is 16.3. The number of non-ortho nitro benzene ring substituents is 1. The molecule has 0 bridgehead atoms. The second-order valence-corrected chi connectivity index (χ2v) is 4.95. The quantitative estimate of drug-likeness (QED) is 0.684. The van der Waals surface area contributed by atoms with Crippen molar-refractivity contribution in [2.75, 3.05) is 24.5 Å². The molecule has 0 aromatic heterocycles. The van der Waals surface area contributed by atoms with Gasteiger partial charge >= 0.3 is 6.18 Å². The third-order valence-corrected chi connectivity index (χ3v) is 3.33. The summed E-state index contributed by atoms with van der Waals surface area (Å²) in [5.74, 6) is -0.970. The number of nitrogens with zero attached hydrogens (tertiary/aromatic N) is 2. The molecule has 0 radical (unpaired) electrons. The zero-order valence-electron chi connectivity index (χ0n) is 11.5. The van der Waals surface area contributed by atoms with Crippen LogP contribution in [-0.4, -0.2) is 36.6 Å². The van der Waals surface area contributed by atoms with Gasteiger partial charge in [0.2, 0.25) is 0 Å². The summed E-state index contributed by atoms with van der Waals surface area (Å²) in [7, 11) is 0. The highest BCUT2D eigenvalue weighted by molar-refractivity contribution is 6.00. The van der Waals surface area contributed by atoms with Crippen molar-refractivity contribution in [2.24, 2.45) is 0 Å². The van der Waals surface area contributed by atoms with E-state index in [1.807, 2.05) is 4.90 Å². The molecule has 1 aliphatic heterocycles. The first-order valence-electron chi connectivity index (χ1n) is 6.66. The minimum absolute atomic E-state index is 0.111. The highest BCUT2D eigenvalue weighted by Gasteiger charge is 2.29. The van der Waals surface area contributed by atoms with Gasteiger partial charge in [0.15, 0.2) is 0 Å². The van der Waals surface area contributed by atoms with Crippen molar-refractivity contribution in [1.29, 1.82) is 0 Å². The number of nitro benzene ring substituents is 1. The Kier molecular flexibility index (Phi) is 4.53. The van der Waals surface area contributed by atoms with Gasteiger partial charge in [0.05, 0.1) is 16.2 Å². The fourth-order valence-corrected chi connectivity index (χ4v) is 2.33. The molecule has 1 N–H and O–H groups in total. The molecule has 1 aliphatic rings. The smallest absolute Gasteiger partial charge is 0.371 e. The largest absolute Gasteiger partial charge is 0.405 e. The summed E-state index contributed by atoms with van der Waals surface area (Å²) in [5, 5.41) is 12.6. The van der Waals surface area contributed by atoms with Crippen molar-refractivity contribution in [3.63, 3.8) is 0 Å². The van der Waals surface area contributed by atoms with Gasteiger partial charge in [-0.05, 0) is 18.9 Å². The molecule has 1 fully saturated rings. The number of hydrogen-bond donors (Lipinski definition) is 1. The highest BCUT2D eigenvalue weighted by atomic mass is 19.4. The van der Waals surface area contributed by atoms with E-state index in [9.17, 15) is 28.1 Å². The maximum absolute atomic E-state index is 12.2. The molecule has 1 amide bonds. The summed E-state index contributed by atoms with van der Waals surface area (Å²) in [6.07, 6.45) is -2.73. The van der Waals surface area contributed by atoms with E-state index in [0.717, 1.165) is 18.9 Å².